The number of carbonyl (C=O) groups is 1. The summed E-state index contributed by atoms with van der Waals surface area (Å²) in [5, 5.41) is 0.682. The van der Waals surface area contributed by atoms with Gasteiger partial charge in [-0.05, 0) is 54.4 Å². The summed E-state index contributed by atoms with van der Waals surface area (Å²) in [7, 11) is 1.96. The van der Waals surface area contributed by atoms with Crippen LogP contribution in [0.2, 0.25) is 5.02 Å². The van der Waals surface area contributed by atoms with Crippen LogP contribution in [0.1, 0.15) is 21.5 Å². The number of nitrogens with two attached hydrogens (primary N) is 2. The molecular formula is C16H18ClN3O. The van der Waals surface area contributed by atoms with E-state index < -0.39 is 5.91 Å². The van der Waals surface area contributed by atoms with E-state index in [4.69, 9.17) is 23.1 Å². The first kappa shape index (κ1) is 15.2. The van der Waals surface area contributed by atoms with Crippen molar-refractivity contribution in [1.29, 1.82) is 0 Å². The van der Waals surface area contributed by atoms with Gasteiger partial charge in [0.25, 0.3) is 0 Å². The molecule has 0 atom stereocenters. The van der Waals surface area contributed by atoms with Crippen molar-refractivity contribution in [1.82, 2.24) is 0 Å². The smallest absolute Gasteiger partial charge is 0.248 e. The maximum absolute atomic E-state index is 11.3. The molecule has 0 bridgehead atoms. The first-order valence-corrected chi connectivity index (χ1v) is 6.92. The molecule has 0 spiro atoms. The summed E-state index contributed by atoms with van der Waals surface area (Å²) < 4.78 is 0. The number of hydrogen-bond donors (Lipinski definition) is 2. The number of amides is 1. The van der Waals surface area contributed by atoms with Crippen LogP contribution in [0.3, 0.4) is 0 Å². The molecule has 0 aliphatic heterocycles. The van der Waals surface area contributed by atoms with Crippen molar-refractivity contribution in [3.8, 4) is 0 Å². The van der Waals surface area contributed by atoms with Gasteiger partial charge in [-0.25, -0.2) is 0 Å². The number of hydrogen-bond acceptors (Lipinski definition) is 3. The van der Waals surface area contributed by atoms with E-state index in [1.807, 2.05) is 37.1 Å². The highest BCUT2D eigenvalue weighted by atomic mass is 35.5. The molecule has 110 valence electrons. The van der Waals surface area contributed by atoms with Crippen molar-refractivity contribution >= 4 is 28.9 Å². The summed E-state index contributed by atoms with van der Waals surface area (Å²) in [5.41, 5.74) is 15.1. The van der Waals surface area contributed by atoms with Crippen molar-refractivity contribution in [2.24, 2.45) is 5.73 Å². The lowest BCUT2D eigenvalue weighted by Gasteiger charge is -2.21. The molecule has 2 rings (SSSR count). The molecule has 1 amide bonds. The molecule has 0 radical (unpaired) electrons. The Hall–Kier alpha value is -2.20. The minimum Gasteiger partial charge on any atom is -0.399 e. The lowest BCUT2D eigenvalue weighted by molar-refractivity contribution is 0.0999. The highest BCUT2D eigenvalue weighted by Crippen LogP contribution is 2.24. The van der Waals surface area contributed by atoms with Gasteiger partial charge in [0, 0.05) is 35.6 Å². The third kappa shape index (κ3) is 3.47. The molecule has 0 aliphatic carbocycles. The average Bonchev–Trinajstić information content (AvgIpc) is 2.42. The van der Waals surface area contributed by atoms with Crippen LogP contribution in [0, 0.1) is 6.92 Å². The number of nitrogens with zero attached hydrogens (tertiary/aromatic N) is 1. The van der Waals surface area contributed by atoms with Gasteiger partial charge in [0.15, 0.2) is 0 Å². The maximum Gasteiger partial charge on any atom is 0.248 e. The number of anilines is 2. The summed E-state index contributed by atoms with van der Waals surface area (Å²) in [4.78, 5) is 13.3. The molecule has 5 heteroatoms. The summed E-state index contributed by atoms with van der Waals surface area (Å²) in [6, 6.07) is 11.0. The number of aryl methyl sites for hydroxylation is 1. The van der Waals surface area contributed by atoms with Gasteiger partial charge in [0.1, 0.15) is 0 Å². The number of benzene rings is 2. The van der Waals surface area contributed by atoms with Gasteiger partial charge < -0.3 is 16.4 Å². The molecule has 0 unspecified atom stereocenters. The quantitative estimate of drug-likeness (QED) is 0.853. The molecule has 2 aromatic rings. The van der Waals surface area contributed by atoms with Gasteiger partial charge in [-0.1, -0.05) is 11.6 Å². The Bertz CT molecular complexity index is 685. The van der Waals surface area contributed by atoms with E-state index >= 15 is 0 Å². The molecule has 4 nitrogen and oxygen atoms in total. The fraction of sp³-hybridized carbons (Fsp3) is 0.188. The lowest BCUT2D eigenvalue weighted by atomic mass is 10.1. The Labute approximate surface area is 129 Å². The van der Waals surface area contributed by atoms with Crippen LogP contribution in [-0.2, 0) is 6.54 Å². The SMILES string of the molecule is Cc1cc(N(C)Cc2cc(N)ccc2Cl)ccc1C(N)=O. The second-order valence-electron chi connectivity index (χ2n) is 5.07. The highest BCUT2D eigenvalue weighted by molar-refractivity contribution is 6.31. The van der Waals surface area contributed by atoms with Gasteiger partial charge in [-0.2, -0.15) is 0 Å². The molecule has 0 saturated heterocycles. The zero-order chi connectivity index (χ0) is 15.6. The Balaban J connectivity index is 2.24. The van der Waals surface area contributed by atoms with Gasteiger partial charge >= 0.3 is 0 Å². The Morgan fingerprint density at radius 2 is 1.95 bits per heavy atom. The Morgan fingerprint density at radius 3 is 2.57 bits per heavy atom. The number of nitrogen functional groups attached to an aromatic ring is 1. The minimum absolute atomic E-state index is 0.416. The van der Waals surface area contributed by atoms with Gasteiger partial charge in [-0.15, -0.1) is 0 Å². The standard InChI is InChI=1S/C16H18ClN3O/c1-10-7-13(4-5-14(10)16(19)21)20(2)9-11-8-12(18)3-6-15(11)17/h3-8H,9,18H2,1-2H3,(H2,19,21). The van der Waals surface area contributed by atoms with Crippen LogP contribution in [0.15, 0.2) is 36.4 Å². The highest BCUT2D eigenvalue weighted by Gasteiger charge is 2.10. The summed E-state index contributed by atoms with van der Waals surface area (Å²) in [6.07, 6.45) is 0. The molecule has 0 fully saturated rings. The number of carbonyl (C=O) groups excluding carboxylic acids is 1. The van der Waals surface area contributed by atoms with Gasteiger partial charge in [-0.3, -0.25) is 4.79 Å². The van der Waals surface area contributed by atoms with Crippen LogP contribution in [0.25, 0.3) is 0 Å². The van der Waals surface area contributed by atoms with Crippen LogP contribution < -0.4 is 16.4 Å². The van der Waals surface area contributed by atoms with E-state index in [9.17, 15) is 4.79 Å². The van der Waals surface area contributed by atoms with Crippen LogP contribution in [0.5, 0.6) is 0 Å². The summed E-state index contributed by atoms with van der Waals surface area (Å²) in [6.45, 7) is 2.49. The van der Waals surface area contributed by atoms with Gasteiger partial charge in [0.05, 0.1) is 0 Å². The van der Waals surface area contributed by atoms with Crippen LogP contribution in [-0.4, -0.2) is 13.0 Å². The van der Waals surface area contributed by atoms with E-state index in [-0.39, 0.29) is 0 Å². The minimum atomic E-state index is -0.416. The molecule has 0 aliphatic rings. The van der Waals surface area contributed by atoms with Crippen LogP contribution >= 0.6 is 11.6 Å². The van der Waals surface area contributed by atoms with Crippen molar-refractivity contribution in [2.45, 2.75) is 13.5 Å². The zero-order valence-corrected chi connectivity index (χ0v) is 12.8. The monoisotopic (exact) mass is 303 g/mol. The fourth-order valence-electron chi connectivity index (χ4n) is 2.22. The molecular weight excluding hydrogens is 286 g/mol. The van der Waals surface area contributed by atoms with Crippen molar-refractivity contribution in [3.05, 3.63) is 58.1 Å². The second-order valence-corrected chi connectivity index (χ2v) is 5.48. The molecule has 0 aromatic heterocycles. The average molecular weight is 304 g/mol. The largest absolute Gasteiger partial charge is 0.399 e. The predicted octanol–water partition coefficient (Wildman–Crippen LogP) is 2.97. The molecule has 2 aromatic carbocycles. The zero-order valence-electron chi connectivity index (χ0n) is 12.1. The topological polar surface area (TPSA) is 72.3 Å². The predicted molar refractivity (Wildman–Crippen MR) is 87.7 cm³/mol. The van der Waals surface area contributed by atoms with E-state index in [1.54, 1.807) is 18.2 Å². The van der Waals surface area contributed by atoms with Crippen molar-refractivity contribution < 1.29 is 4.79 Å². The van der Waals surface area contributed by atoms with Gasteiger partial charge in [0.2, 0.25) is 5.91 Å². The third-order valence-electron chi connectivity index (χ3n) is 3.39. The van der Waals surface area contributed by atoms with E-state index in [2.05, 4.69) is 0 Å². The summed E-state index contributed by atoms with van der Waals surface area (Å²) in [5.74, 6) is -0.416. The Kier molecular flexibility index (Phi) is 4.38. The fourth-order valence-corrected chi connectivity index (χ4v) is 2.40. The van der Waals surface area contributed by atoms with Crippen molar-refractivity contribution in [2.75, 3.05) is 17.7 Å². The molecule has 0 heterocycles. The molecule has 21 heavy (non-hydrogen) atoms. The second kappa shape index (κ2) is 6.06. The Morgan fingerprint density at radius 1 is 1.24 bits per heavy atom. The summed E-state index contributed by atoms with van der Waals surface area (Å²) >= 11 is 6.18. The number of primary amides is 1. The molecule has 0 saturated carbocycles. The van der Waals surface area contributed by atoms with E-state index in [0.29, 0.717) is 22.8 Å². The van der Waals surface area contributed by atoms with Crippen molar-refractivity contribution in [3.63, 3.8) is 0 Å². The lowest BCUT2D eigenvalue weighted by Crippen LogP contribution is -2.18. The normalized spacial score (nSPS) is 10.4. The van der Waals surface area contributed by atoms with E-state index in [0.717, 1.165) is 16.8 Å². The first-order valence-electron chi connectivity index (χ1n) is 6.54. The number of rotatable bonds is 4. The molecule has 4 N–H and O–H groups in total. The van der Waals surface area contributed by atoms with E-state index in [1.165, 1.54) is 0 Å². The maximum atomic E-state index is 11.3. The first-order chi connectivity index (χ1) is 9.88. The third-order valence-corrected chi connectivity index (χ3v) is 3.76. The van der Waals surface area contributed by atoms with Crippen LogP contribution in [0.4, 0.5) is 11.4 Å². The number of halogens is 1.